The lowest BCUT2D eigenvalue weighted by Gasteiger charge is -2.14. The van der Waals surface area contributed by atoms with Crippen molar-refractivity contribution in [2.45, 2.75) is 0 Å². The first kappa shape index (κ1) is 25.5. The van der Waals surface area contributed by atoms with Gasteiger partial charge in [0.15, 0.2) is 0 Å². The Kier molecular flexibility index (Phi) is 5.97. The molecule has 0 spiro atoms. The molecule has 0 saturated carbocycles. The number of rotatable bonds is 4. The third kappa shape index (κ3) is 4.03. The van der Waals surface area contributed by atoms with E-state index < -0.39 is 0 Å². The van der Waals surface area contributed by atoms with Gasteiger partial charge in [0.25, 0.3) is 0 Å². The summed E-state index contributed by atoms with van der Waals surface area (Å²) in [6, 6.07) is 57.6. The van der Waals surface area contributed by atoms with Crippen LogP contribution in [-0.2, 0) is 0 Å². The number of hydrogen-bond acceptors (Lipinski definition) is 2. The average molecular weight is 595 g/mol. The topological polar surface area (TPSA) is 0 Å². The monoisotopic (exact) mass is 594 g/mol. The summed E-state index contributed by atoms with van der Waals surface area (Å²) in [5.74, 6) is 0. The maximum absolute atomic E-state index is 2.42. The number of benzene rings is 7. The predicted molar refractivity (Wildman–Crippen MR) is 194 cm³/mol. The van der Waals surface area contributed by atoms with E-state index in [9.17, 15) is 0 Å². The Labute approximate surface area is 264 Å². The summed E-state index contributed by atoms with van der Waals surface area (Å²) in [4.78, 5) is 0. The van der Waals surface area contributed by atoms with Gasteiger partial charge in [0.05, 0.1) is 0 Å². The molecule has 206 valence electrons. The minimum absolute atomic E-state index is 1.24. The predicted octanol–water partition coefficient (Wildman–Crippen LogP) is 13.1. The van der Waals surface area contributed by atoms with Crippen molar-refractivity contribution in [3.8, 4) is 44.5 Å². The van der Waals surface area contributed by atoms with Crippen LogP contribution in [0.25, 0.3) is 84.9 Å². The van der Waals surface area contributed by atoms with E-state index in [-0.39, 0.29) is 0 Å². The van der Waals surface area contributed by atoms with Crippen LogP contribution in [0.15, 0.2) is 158 Å². The SMILES string of the molecule is c1ccc(-c2ccc3sc4c(-c5ccccc5)c5sc6ccc(-c7ccccc7)cc6c5c(-c5ccccc5)c4c3c2)cc1. The molecule has 0 amide bonds. The van der Waals surface area contributed by atoms with Gasteiger partial charge in [-0.15, -0.1) is 22.7 Å². The van der Waals surface area contributed by atoms with Crippen molar-refractivity contribution in [2.75, 3.05) is 0 Å². The molecular formula is C42H26S2. The fourth-order valence-electron chi connectivity index (χ4n) is 6.65. The van der Waals surface area contributed by atoms with Crippen molar-refractivity contribution in [1.29, 1.82) is 0 Å². The van der Waals surface area contributed by atoms with Gasteiger partial charge in [-0.05, 0) is 57.6 Å². The van der Waals surface area contributed by atoms with Crippen LogP contribution in [0.2, 0.25) is 0 Å². The minimum atomic E-state index is 1.24. The fraction of sp³-hybridized carbons (Fsp3) is 0. The molecule has 0 aliphatic carbocycles. The van der Waals surface area contributed by atoms with Crippen LogP contribution in [0.5, 0.6) is 0 Å². The first-order chi connectivity index (χ1) is 21.8. The van der Waals surface area contributed by atoms with Gasteiger partial charge in [-0.1, -0.05) is 133 Å². The zero-order valence-corrected chi connectivity index (χ0v) is 25.5. The Bertz CT molecular complexity index is 2320. The van der Waals surface area contributed by atoms with Gasteiger partial charge in [0, 0.05) is 51.5 Å². The van der Waals surface area contributed by atoms with Crippen molar-refractivity contribution >= 4 is 63.0 Å². The molecule has 9 aromatic rings. The summed E-state index contributed by atoms with van der Waals surface area (Å²) < 4.78 is 5.36. The molecule has 9 rings (SSSR count). The molecule has 0 atom stereocenters. The van der Waals surface area contributed by atoms with Gasteiger partial charge < -0.3 is 0 Å². The van der Waals surface area contributed by atoms with Gasteiger partial charge in [0.2, 0.25) is 0 Å². The van der Waals surface area contributed by atoms with Crippen LogP contribution in [0.4, 0.5) is 0 Å². The minimum Gasteiger partial charge on any atom is -0.134 e. The number of thiophene rings is 2. The van der Waals surface area contributed by atoms with Crippen molar-refractivity contribution in [3.63, 3.8) is 0 Å². The zero-order valence-electron chi connectivity index (χ0n) is 23.8. The van der Waals surface area contributed by atoms with Gasteiger partial charge in [0.1, 0.15) is 0 Å². The summed E-state index contributed by atoms with van der Waals surface area (Å²) in [5.41, 5.74) is 10.2. The van der Waals surface area contributed by atoms with Crippen molar-refractivity contribution in [3.05, 3.63) is 158 Å². The lowest BCUT2D eigenvalue weighted by atomic mass is 9.89. The van der Waals surface area contributed by atoms with Crippen molar-refractivity contribution in [2.24, 2.45) is 0 Å². The van der Waals surface area contributed by atoms with Crippen LogP contribution < -0.4 is 0 Å². The normalized spacial score (nSPS) is 11.6. The highest BCUT2D eigenvalue weighted by Crippen LogP contribution is 2.54. The molecular weight excluding hydrogens is 569 g/mol. The Morgan fingerprint density at radius 3 is 1.07 bits per heavy atom. The molecule has 0 aliphatic rings. The van der Waals surface area contributed by atoms with E-state index in [0.717, 1.165) is 0 Å². The molecule has 0 fully saturated rings. The highest BCUT2D eigenvalue weighted by Gasteiger charge is 2.24. The van der Waals surface area contributed by atoms with Crippen LogP contribution in [0, 0.1) is 0 Å². The Hall–Kier alpha value is -5.02. The Morgan fingerprint density at radius 2 is 0.659 bits per heavy atom. The second-order valence-corrected chi connectivity index (χ2v) is 13.4. The first-order valence-corrected chi connectivity index (χ1v) is 16.6. The van der Waals surface area contributed by atoms with E-state index in [0.29, 0.717) is 0 Å². The van der Waals surface area contributed by atoms with Crippen LogP contribution >= 0.6 is 22.7 Å². The number of hydrogen-bond donors (Lipinski definition) is 0. The van der Waals surface area contributed by atoms with E-state index in [4.69, 9.17) is 0 Å². The highest BCUT2D eigenvalue weighted by atomic mass is 32.1. The quantitative estimate of drug-likeness (QED) is 0.190. The second-order valence-electron chi connectivity index (χ2n) is 11.2. The molecule has 2 heteroatoms. The van der Waals surface area contributed by atoms with E-state index in [2.05, 4.69) is 158 Å². The van der Waals surface area contributed by atoms with Gasteiger partial charge in [-0.3, -0.25) is 0 Å². The molecule has 0 aliphatic heterocycles. The number of fused-ring (bicyclic) bond motifs is 6. The fourth-order valence-corrected chi connectivity index (χ4v) is 9.24. The molecule has 0 radical (unpaired) electrons. The molecule has 2 aromatic heterocycles. The molecule has 0 N–H and O–H groups in total. The molecule has 2 heterocycles. The molecule has 44 heavy (non-hydrogen) atoms. The Balaban J connectivity index is 1.50. The Morgan fingerprint density at radius 1 is 0.295 bits per heavy atom. The van der Waals surface area contributed by atoms with Gasteiger partial charge in [-0.25, -0.2) is 0 Å². The average Bonchev–Trinajstić information content (AvgIpc) is 3.66. The maximum Gasteiger partial charge on any atom is 0.0454 e. The van der Waals surface area contributed by atoms with Crippen LogP contribution in [-0.4, -0.2) is 0 Å². The van der Waals surface area contributed by atoms with E-state index >= 15 is 0 Å². The zero-order chi connectivity index (χ0) is 29.0. The van der Waals surface area contributed by atoms with Crippen molar-refractivity contribution in [1.82, 2.24) is 0 Å². The smallest absolute Gasteiger partial charge is 0.0454 e. The van der Waals surface area contributed by atoms with Crippen LogP contribution in [0.3, 0.4) is 0 Å². The molecule has 7 aromatic carbocycles. The molecule has 0 unspecified atom stereocenters. The maximum atomic E-state index is 2.42. The third-order valence-electron chi connectivity index (χ3n) is 8.67. The van der Waals surface area contributed by atoms with Crippen molar-refractivity contribution < 1.29 is 0 Å². The molecule has 0 nitrogen and oxygen atoms in total. The van der Waals surface area contributed by atoms with E-state index in [1.807, 2.05) is 22.7 Å². The van der Waals surface area contributed by atoms with E-state index in [1.54, 1.807) is 0 Å². The third-order valence-corrected chi connectivity index (χ3v) is 11.0. The van der Waals surface area contributed by atoms with Crippen LogP contribution in [0.1, 0.15) is 0 Å². The first-order valence-electron chi connectivity index (χ1n) is 14.9. The summed E-state index contributed by atoms with van der Waals surface area (Å²) >= 11 is 3.85. The summed E-state index contributed by atoms with van der Waals surface area (Å²) in [5, 5.41) is 5.35. The lowest BCUT2D eigenvalue weighted by molar-refractivity contribution is 1.65. The molecule has 0 saturated heterocycles. The van der Waals surface area contributed by atoms with Gasteiger partial charge in [-0.2, -0.15) is 0 Å². The standard InChI is InChI=1S/C42H26S2/c1-5-13-27(14-6-1)31-21-23-35-33(25-31)39-37(29-17-9-3-10-18-29)40-34-26-32(28-15-7-2-8-16-28)22-24-36(34)44-42(40)38(41(39)43-35)30-19-11-4-12-20-30/h1-26H. The summed E-state index contributed by atoms with van der Waals surface area (Å²) in [7, 11) is 0. The summed E-state index contributed by atoms with van der Waals surface area (Å²) in [6.45, 7) is 0. The summed E-state index contributed by atoms with van der Waals surface area (Å²) in [6.07, 6.45) is 0. The highest BCUT2D eigenvalue weighted by molar-refractivity contribution is 7.29. The second kappa shape index (κ2) is 10.3. The lowest BCUT2D eigenvalue weighted by Crippen LogP contribution is -1.87. The van der Waals surface area contributed by atoms with E-state index in [1.165, 1.54) is 84.9 Å². The van der Waals surface area contributed by atoms with Gasteiger partial charge >= 0.3 is 0 Å². The largest absolute Gasteiger partial charge is 0.134 e. The molecule has 0 bridgehead atoms.